The van der Waals surface area contributed by atoms with E-state index >= 15 is 0 Å². The van der Waals surface area contributed by atoms with Gasteiger partial charge in [0.1, 0.15) is 5.01 Å². The molecule has 0 aliphatic heterocycles. The second-order valence-corrected chi connectivity index (χ2v) is 7.96. The first-order valence-corrected chi connectivity index (χ1v) is 10.7. The lowest BCUT2D eigenvalue weighted by molar-refractivity contribution is 0.183. The van der Waals surface area contributed by atoms with Gasteiger partial charge in [-0.05, 0) is 12.1 Å². The molecule has 0 saturated heterocycles. The Bertz CT molecular complexity index is 1140. The largest absolute Gasteiger partial charge is 0.383 e. The lowest BCUT2D eigenvalue weighted by atomic mass is 10.2. The first-order valence-electron chi connectivity index (χ1n) is 8.87. The summed E-state index contributed by atoms with van der Waals surface area (Å²) in [4.78, 5) is 22.3. The van der Waals surface area contributed by atoms with E-state index in [-0.39, 0.29) is 5.56 Å². The second-order valence-electron chi connectivity index (χ2n) is 6.16. The second kappa shape index (κ2) is 8.68. The Morgan fingerprint density at radius 2 is 1.86 bits per heavy atom. The van der Waals surface area contributed by atoms with Crippen LogP contribution in [0.1, 0.15) is 5.69 Å². The fraction of sp³-hybridized carbons (Fsp3) is 0.190. The molecule has 142 valence electrons. The lowest BCUT2D eigenvalue weighted by Gasteiger charge is -2.12. The van der Waals surface area contributed by atoms with Gasteiger partial charge in [0.05, 0.1) is 29.7 Å². The Kier molecular flexibility index (Phi) is 5.85. The molecule has 5 nitrogen and oxygen atoms in total. The lowest BCUT2D eigenvalue weighted by Crippen LogP contribution is -2.25. The average Bonchev–Trinajstić information content (AvgIpc) is 3.21. The molecule has 0 aliphatic carbocycles. The number of aromatic nitrogens is 3. The summed E-state index contributed by atoms with van der Waals surface area (Å²) in [6.45, 7) is 0.935. The highest BCUT2D eigenvalue weighted by Crippen LogP contribution is 2.27. The Balaban J connectivity index is 1.60. The summed E-state index contributed by atoms with van der Waals surface area (Å²) in [5.41, 5.74) is 2.78. The van der Waals surface area contributed by atoms with E-state index in [0.29, 0.717) is 35.0 Å². The summed E-state index contributed by atoms with van der Waals surface area (Å²) in [6.07, 6.45) is 0. The van der Waals surface area contributed by atoms with Gasteiger partial charge >= 0.3 is 0 Å². The molecule has 0 saturated carbocycles. The summed E-state index contributed by atoms with van der Waals surface area (Å²) in [5, 5.41) is 4.38. The number of para-hydroxylation sites is 1. The number of nitrogens with zero attached hydrogens (tertiary/aromatic N) is 3. The van der Waals surface area contributed by atoms with Crippen LogP contribution in [0.3, 0.4) is 0 Å². The van der Waals surface area contributed by atoms with Crippen LogP contribution < -0.4 is 5.56 Å². The molecule has 7 heteroatoms. The molecule has 0 amide bonds. The van der Waals surface area contributed by atoms with E-state index < -0.39 is 0 Å². The highest BCUT2D eigenvalue weighted by atomic mass is 32.2. The van der Waals surface area contributed by atoms with Crippen LogP contribution >= 0.6 is 23.1 Å². The zero-order valence-corrected chi connectivity index (χ0v) is 17.0. The fourth-order valence-corrected chi connectivity index (χ4v) is 4.71. The Hall–Kier alpha value is -2.48. The van der Waals surface area contributed by atoms with Crippen LogP contribution in [0.2, 0.25) is 0 Å². The standard InChI is InChI=1S/C21H19N3O2S2/c1-26-12-11-24-20(25)17-9-5-6-10-18(17)23-21(24)28-14-16-13-27-19(22-16)15-7-3-2-4-8-15/h2-10,13H,11-12,14H2,1H3. The van der Waals surface area contributed by atoms with Crippen molar-refractivity contribution in [2.75, 3.05) is 13.7 Å². The van der Waals surface area contributed by atoms with Crippen LogP contribution in [0.4, 0.5) is 0 Å². The van der Waals surface area contributed by atoms with E-state index in [1.807, 2.05) is 42.5 Å². The number of fused-ring (bicyclic) bond motifs is 1. The molecular formula is C21H19N3O2S2. The maximum absolute atomic E-state index is 12.9. The normalized spacial score (nSPS) is 11.2. The van der Waals surface area contributed by atoms with E-state index in [2.05, 4.69) is 17.5 Å². The van der Waals surface area contributed by atoms with Gasteiger partial charge in [-0.3, -0.25) is 9.36 Å². The molecule has 0 bridgehead atoms. The number of ether oxygens (including phenoxy) is 1. The van der Waals surface area contributed by atoms with Crippen molar-refractivity contribution in [1.82, 2.24) is 14.5 Å². The highest BCUT2D eigenvalue weighted by Gasteiger charge is 2.13. The molecule has 28 heavy (non-hydrogen) atoms. The van der Waals surface area contributed by atoms with Crippen molar-refractivity contribution in [2.24, 2.45) is 0 Å². The van der Waals surface area contributed by atoms with Crippen LogP contribution in [0.25, 0.3) is 21.5 Å². The maximum Gasteiger partial charge on any atom is 0.262 e. The van der Waals surface area contributed by atoms with Crippen LogP contribution in [-0.2, 0) is 17.0 Å². The molecular weight excluding hydrogens is 390 g/mol. The van der Waals surface area contributed by atoms with E-state index in [1.54, 1.807) is 23.0 Å². The van der Waals surface area contributed by atoms with Crippen molar-refractivity contribution < 1.29 is 4.74 Å². The highest BCUT2D eigenvalue weighted by molar-refractivity contribution is 7.98. The van der Waals surface area contributed by atoms with E-state index in [0.717, 1.165) is 16.3 Å². The Morgan fingerprint density at radius 3 is 2.68 bits per heavy atom. The first kappa shape index (κ1) is 18.9. The number of rotatable bonds is 7. The number of benzene rings is 2. The topological polar surface area (TPSA) is 57.0 Å². The molecule has 2 aromatic heterocycles. The number of hydrogen-bond donors (Lipinski definition) is 0. The quantitative estimate of drug-likeness (QED) is 0.333. The molecule has 0 unspecified atom stereocenters. The predicted molar refractivity (Wildman–Crippen MR) is 115 cm³/mol. The van der Waals surface area contributed by atoms with Crippen LogP contribution in [0, 0.1) is 0 Å². The third kappa shape index (κ3) is 4.01. The van der Waals surface area contributed by atoms with Gasteiger partial charge in [-0.15, -0.1) is 11.3 Å². The van der Waals surface area contributed by atoms with E-state index in [1.165, 1.54) is 11.8 Å². The number of hydrogen-bond acceptors (Lipinski definition) is 6. The van der Waals surface area contributed by atoms with Gasteiger partial charge in [-0.2, -0.15) is 0 Å². The van der Waals surface area contributed by atoms with Crippen molar-refractivity contribution in [3.8, 4) is 10.6 Å². The van der Waals surface area contributed by atoms with Gasteiger partial charge in [-0.1, -0.05) is 54.2 Å². The minimum atomic E-state index is -0.0339. The van der Waals surface area contributed by atoms with E-state index in [4.69, 9.17) is 14.7 Å². The third-order valence-electron chi connectivity index (χ3n) is 4.27. The van der Waals surface area contributed by atoms with Crippen molar-refractivity contribution in [1.29, 1.82) is 0 Å². The van der Waals surface area contributed by atoms with Crippen LogP contribution in [0.5, 0.6) is 0 Å². The van der Waals surface area contributed by atoms with Crippen LogP contribution in [0.15, 0.2) is 69.9 Å². The predicted octanol–water partition coefficient (Wildman–Crippen LogP) is 4.46. The number of thiazole rings is 1. The summed E-state index contributed by atoms with van der Waals surface area (Å²) < 4.78 is 6.87. The molecule has 0 aliphatic rings. The van der Waals surface area contributed by atoms with Gasteiger partial charge in [0.25, 0.3) is 5.56 Å². The molecule has 4 rings (SSSR count). The summed E-state index contributed by atoms with van der Waals surface area (Å²) in [5.74, 6) is 0.654. The van der Waals surface area contributed by atoms with Crippen LogP contribution in [-0.4, -0.2) is 28.3 Å². The van der Waals surface area contributed by atoms with Crippen molar-refractivity contribution in [3.63, 3.8) is 0 Å². The SMILES string of the molecule is COCCn1c(SCc2csc(-c3ccccc3)n2)nc2ccccc2c1=O. The third-order valence-corrected chi connectivity index (χ3v) is 6.22. The van der Waals surface area contributed by atoms with Crippen molar-refractivity contribution >= 4 is 34.0 Å². The fourth-order valence-electron chi connectivity index (χ4n) is 2.86. The molecule has 0 atom stereocenters. The van der Waals surface area contributed by atoms with Crippen molar-refractivity contribution in [3.05, 3.63) is 76.0 Å². The van der Waals surface area contributed by atoms with Gasteiger partial charge in [0, 0.05) is 23.8 Å². The molecule has 0 fully saturated rings. The van der Waals surface area contributed by atoms with Gasteiger partial charge in [0.2, 0.25) is 0 Å². The molecule has 4 aromatic rings. The first-order chi connectivity index (χ1) is 13.8. The van der Waals surface area contributed by atoms with Gasteiger partial charge in [-0.25, -0.2) is 9.97 Å². The smallest absolute Gasteiger partial charge is 0.262 e. The molecule has 0 spiro atoms. The number of methoxy groups -OCH3 is 1. The van der Waals surface area contributed by atoms with Crippen molar-refractivity contribution in [2.45, 2.75) is 17.5 Å². The Morgan fingerprint density at radius 1 is 1.07 bits per heavy atom. The average molecular weight is 410 g/mol. The number of thioether (sulfide) groups is 1. The monoisotopic (exact) mass is 409 g/mol. The molecule has 0 radical (unpaired) electrons. The van der Waals surface area contributed by atoms with Gasteiger partial charge in [0.15, 0.2) is 5.16 Å². The zero-order valence-electron chi connectivity index (χ0n) is 15.4. The maximum atomic E-state index is 12.9. The van der Waals surface area contributed by atoms with Gasteiger partial charge < -0.3 is 4.74 Å². The van der Waals surface area contributed by atoms with E-state index in [9.17, 15) is 4.79 Å². The summed E-state index contributed by atoms with van der Waals surface area (Å²) in [7, 11) is 1.63. The molecule has 2 aromatic carbocycles. The summed E-state index contributed by atoms with van der Waals surface area (Å²) in [6, 6.07) is 17.6. The minimum absolute atomic E-state index is 0.0339. The molecule has 0 N–H and O–H groups in total. The minimum Gasteiger partial charge on any atom is -0.383 e. The Labute approximate surface area is 171 Å². The molecule has 2 heterocycles. The summed E-state index contributed by atoms with van der Waals surface area (Å²) >= 11 is 3.16. The zero-order chi connectivity index (χ0) is 19.3.